The van der Waals surface area contributed by atoms with Crippen LogP contribution in [0.5, 0.6) is 0 Å². The maximum Gasteiger partial charge on any atom is 0.0145 e. The molecule has 1 saturated heterocycles. The minimum Gasteiger partial charge on any atom is -0.352 e. The lowest BCUT2D eigenvalue weighted by atomic mass is 9.63. The van der Waals surface area contributed by atoms with E-state index >= 15 is 0 Å². The molecule has 2 bridgehead atoms. The number of nitrogens with zero attached hydrogens (tertiary/aromatic N) is 1. The van der Waals surface area contributed by atoms with E-state index in [0.717, 1.165) is 5.92 Å². The molecule has 0 aromatic carbocycles. The standard InChI is InChI=1S/C15H23N/c1-9-7-14(4)8-15(9,5)13-11(3)16(6)10(2)12(13)14/h9,12-13H,2-3,7-8H2,1,4-6H3/t9?,12?,13?,14-,15-/m0/s1. The second-order valence-electron chi connectivity index (χ2n) is 6.94. The molecular weight excluding hydrogens is 194 g/mol. The largest absolute Gasteiger partial charge is 0.352 e. The minimum atomic E-state index is 0.462. The van der Waals surface area contributed by atoms with Crippen LogP contribution in [0, 0.1) is 28.6 Å². The third-order valence-electron chi connectivity index (χ3n) is 6.06. The van der Waals surface area contributed by atoms with E-state index in [0.29, 0.717) is 22.7 Å². The number of likely N-dealkylation sites (tertiary alicyclic amines) is 1. The van der Waals surface area contributed by atoms with Crippen LogP contribution in [0.2, 0.25) is 0 Å². The molecule has 3 unspecified atom stereocenters. The molecule has 1 aliphatic heterocycles. The van der Waals surface area contributed by atoms with Gasteiger partial charge in [-0.3, -0.25) is 0 Å². The lowest BCUT2D eigenvalue weighted by molar-refractivity contribution is 0.119. The van der Waals surface area contributed by atoms with E-state index in [1.807, 2.05) is 0 Å². The average Bonchev–Trinajstić information content (AvgIpc) is 2.65. The van der Waals surface area contributed by atoms with Gasteiger partial charge in [-0.05, 0) is 29.6 Å². The molecule has 0 aromatic heterocycles. The van der Waals surface area contributed by atoms with Crippen molar-refractivity contribution in [2.45, 2.75) is 33.6 Å². The van der Waals surface area contributed by atoms with Crippen LogP contribution in [0.4, 0.5) is 0 Å². The molecule has 0 amide bonds. The lowest BCUT2D eigenvalue weighted by Gasteiger charge is -2.39. The summed E-state index contributed by atoms with van der Waals surface area (Å²) in [6, 6.07) is 0. The quantitative estimate of drug-likeness (QED) is 0.598. The van der Waals surface area contributed by atoms with Crippen molar-refractivity contribution in [1.29, 1.82) is 0 Å². The van der Waals surface area contributed by atoms with Crippen LogP contribution in [-0.2, 0) is 0 Å². The van der Waals surface area contributed by atoms with E-state index in [9.17, 15) is 0 Å². The Morgan fingerprint density at radius 2 is 1.75 bits per heavy atom. The fourth-order valence-electron chi connectivity index (χ4n) is 5.26. The Kier molecular flexibility index (Phi) is 1.68. The number of rotatable bonds is 0. The van der Waals surface area contributed by atoms with E-state index in [4.69, 9.17) is 0 Å². The van der Waals surface area contributed by atoms with Gasteiger partial charge in [-0.2, -0.15) is 0 Å². The summed E-state index contributed by atoms with van der Waals surface area (Å²) in [5.41, 5.74) is 3.56. The van der Waals surface area contributed by atoms with E-state index in [1.165, 1.54) is 24.2 Å². The van der Waals surface area contributed by atoms with E-state index in [2.05, 4.69) is 45.9 Å². The van der Waals surface area contributed by atoms with Crippen molar-refractivity contribution in [1.82, 2.24) is 4.90 Å². The summed E-state index contributed by atoms with van der Waals surface area (Å²) in [4.78, 5) is 2.25. The number of hydrogen-bond acceptors (Lipinski definition) is 1. The van der Waals surface area contributed by atoms with Crippen molar-refractivity contribution in [2.24, 2.45) is 28.6 Å². The van der Waals surface area contributed by atoms with Gasteiger partial charge in [-0.25, -0.2) is 0 Å². The topological polar surface area (TPSA) is 3.24 Å². The van der Waals surface area contributed by atoms with Gasteiger partial charge in [-0.15, -0.1) is 0 Å². The second kappa shape index (κ2) is 2.57. The summed E-state index contributed by atoms with van der Waals surface area (Å²) in [6.45, 7) is 16.0. The Morgan fingerprint density at radius 1 is 1.19 bits per heavy atom. The Bertz CT molecular complexity index is 396. The van der Waals surface area contributed by atoms with Crippen molar-refractivity contribution >= 4 is 0 Å². The fourth-order valence-corrected chi connectivity index (χ4v) is 5.26. The van der Waals surface area contributed by atoms with Crippen LogP contribution in [-0.4, -0.2) is 11.9 Å². The first kappa shape index (κ1) is 10.4. The van der Waals surface area contributed by atoms with Gasteiger partial charge >= 0.3 is 0 Å². The molecule has 3 fully saturated rings. The van der Waals surface area contributed by atoms with Gasteiger partial charge in [-0.1, -0.05) is 33.9 Å². The molecule has 5 atom stereocenters. The second-order valence-corrected chi connectivity index (χ2v) is 6.94. The summed E-state index contributed by atoms with van der Waals surface area (Å²) in [5.74, 6) is 2.14. The van der Waals surface area contributed by atoms with Crippen LogP contribution >= 0.6 is 0 Å². The predicted molar refractivity (Wildman–Crippen MR) is 67.6 cm³/mol. The van der Waals surface area contributed by atoms with Gasteiger partial charge in [0.2, 0.25) is 0 Å². The highest BCUT2D eigenvalue weighted by molar-refractivity contribution is 5.35. The highest BCUT2D eigenvalue weighted by atomic mass is 15.2. The molecule has 3 aliphatic rings. The average molecular weight is 217 g/mol. The van der Waals surface area contributed by atoms with Gasteiger partial charge < -0.3 is 4.90 Å². The monoisotopic (exact) mass is 217 g/mol. The predicted octanol–water partition coefficient (Wildman–Crippen LogP) is 3.65. The normalized spacial score (nSPS) is 55.0. The van der Waals surface area contributed by atoms with Crippen LogP contribution < -0.4 is 0 Å². The summed E-state index contributed by atoms with van der Waals surface area (Å²) in [5, 5.41) is 0. The van der Waals surface area contributed by atoms with Crippen LogP contribution in [0.1, 0.15) is 33.6 Å². The highest BCUT2D eigenvalue weighted by Gasteiger charge is 2.68. The number of fused-ring (bicyclic) bond motifs is 5. The molecule has 1 nitrogen and oxygen atoms in total. The Hall–Kier alpha value is -0.720. The van der Waals surface area contributed by atoms with Crippen molar-refractivity contribution in [3.8, 4) is 0 Å². The molecule has 0 aromatic rings. The van der Waals surface area contributed by atoms with Crippen LogP contribution in [0.3, 0.4) is 0 Å². The Morgan fingerprint density at radius 3 is 2.38 bits per heavy atom. The van der Waals surface area contributed by atoms with Gasteiger partial charge in [0.25, 0.3) is 0 Å². The van der Waals surface area contributed by atoms with Crippen molar-refractivity contribution in [3.63, 3.8) is 0 Å². The van der Waals surface area contributed by atoms with Crippen LogP contribution in [0.25, 0.3) is 0 Å². The molecule has 0 spiro atoms. The Balaban J connectivity index is 2.15. The summed E-state index contributed by atoms with van der Waals surface area (Å²) >= 11 is 0. The third-order valence-corrected chi connectivity index (χ3v) is 6.06. The molecule has 3 rings (SSSR count). The summed E-state index contributed by atoms with van der Waals surface area (Å²) in [7, 11) is 2.14. The fraction of sp³-hybridized carbons (Fsp3) is 0.733. The molecule has 1 heteroatoms. The summed E-state index contributed by atoms with van der Waals surface area (Å²) in [6.07, 6.45) is 2.73. The maximum atomic E-state index is 4.32. The van der Waals surface area contributed by atoms with Gasteiger partial charge in [0, 0.05) is 30.3 Å². The van der Waals surface area contributed by atoms with Crippen molar-refractivity contribution in [3.05, 3.63) is 24.6 Å². The van der Waals surface area contributed by atoms with Crippen molar-refractivity contribution < 1.29 is 0 Å². The SMILES string of the molecule is C=C1C2C(C(=C)N1C)[C@@]1(C)C[C@]2(C)CC1C. The zero-order chi connectivity index (χ0) is 11.9. The molecule has 2 saturated carbocycles. The zero-order valence-corrected chi connectivity index (χ0v) is 11.0. The summed E-state index contributed by atoms with van der Waals surface area (Å²) < 4.78 is 0. The number of allylic oxidation sites excluding steroid dienone is 2. The van der Waals surface area contributed by atoms with E-state index < -0.39 is 0 Å². The van der Waals surface area contributed by atoms with Crippen LogP contribution in [0.15, 0.2) is 24.6 Å². The maximum absolute atomic E-state index is 4.32. The molecule has 1 heterocycles. The lowest BCUT2D eigenvalue weighted by Crippen LogP contribution is -2.35. The smallest absolute Gasteiger partial charge is 0.0145 e. The van der Waals surface area contributed by atoms with Gasteiger partial charge in [0.05, 0.1) is 0 Å². The Labute approximate surface area is 99.2 Å². The molecule has 88 valence electrons. The zero-order valence-electron chi connectivity index (χ0n) is 11.0. The first-order valence-corrected chi connectivity index (χ1v) is 6.42. The van der Waals surface area contributed by atoms with E-state index in [-0.39, 0.29) is 0 Å². The minimum absolute atomic E-state index is 0.462. The molecule has 0 N–H and O–H groups in total. The molecule has 2 aliphatic carbocycles. The molecule has 0 radical (unpaired) electrons. The van der Waals surface area contributed by atoms with Gasteiger partial charge in [0.15, 0.2) is 0 Å². The van der Waals surface area contributed by atoms with Crippen molar-refractivity contribution in [2.75, 3.05) is 7.05 Å². The van der Waals surface area contributed by atoms with Gasteiger partial charge in [0.1, 0.15) is 0 Å². The third kappa shape index (κ3) is 0.859. The highest BCUT2D eigenvalue weighted by Crippen LogP contribution is 2.74. The molecule has 16 heavy (non-hydrogen) atoms. The van der Waals surface area contributed by atoms with E-state index in [1.54, 1.807) is 0 Å². The first-order valence-electron chi connectivity index (χ1n) is 6.42. The first-order chi connectivity index (χ1) is 7.31. The molecular formula is C15H23N. The number of hydrogen-bond donors (Lipinski definition) is 0.